The summed E-state index contributed by atoms with van der Waals surface area (Å²) >= 11 is 0. The van der Waals surface area contributed by atoms with Crippen LogP contribution in [0.2, 0.25) is 0 Å². The van der Waals surface area contributed by atoms with Crippen LogP contribution in [0.1, 0.15) is 36.1 Å². The van der Waals surface area contributed by atoms with Crippen LogP contribution in [-0.4, -0.2) is 10.2 Å². The summed E-state index contributed by atoms with van der Waals surface area (Å²) in [5, 5.41) is 20.2. The minimum absolute atomic E-state index is 0.0380. The van der Waals surface area contributed by atoms with Crippen LogP contribution in [-0.2, 0) is 0 Å². The van der Waals surface area contributed by atoms with Crippen molar-refractivity contribution in [2.24, 2.45) is 5.92 Å². The summed E-state index contributed by atoms with van der Waals surface area (Å²) in [6.45, 7) is 4.23. The molecule has 0 bridgehead atoms. The Morgan fingerprint density at radius 3 is 2.03 bits per heavy atom. The van der Waals surface area contributed by atoms with Gasteiger partial charge in [0.25, 0.3) is 0 Å². The monoisotopic (exact) mass is 407 g/mol. The molecular weight excluding hydrogens is 384 g/mol. The Bertz CT molecular complexity index is 1020. The van der Waals surface area contributed by atoms with Crippen LogP contribution in [0.4, 0.5) is 14.5 Å². The largest absolute Gasteiger partial charge is 0.508 e. The van der Waals surface area contributed by atoms with E-state index in [-0.39, 0.29) is 29.3 Å². The molecule has 0 spiro atoms. The van der Waals surface area contributed by atoms with Gasteiger partial charge < -0.3 is 15.1 Å². The summed E-state index contributed by atoms with van der Waals surface area (Å²) < 4.78 is 26.5. The zero-order valence-electron chi connectivity index (χ0n) is 16.4. The molecule has 154 valence electrons. The third-order valence-corrected chi connectivity index (χ3v) is 5.74. The number of aliphatic hydroxyl groups excluding tert-OH is 1. The lowest BCUT2D eigenvalue weighted by Gasteiger charge is -2.52. The molecular formula is C25H23F2NO2. The second-order valence-corrected chi connectivity index (χ2v) is 7.63. The Kier molecular flexibility index (Phi) is 5.55. The van der Waals surface area contributed by atoms with E-state index in [1.165, 1.54) is 24.3 Å². The van der Waals surface area contributed by atoms with E-state index in [4.69, 9.17) is 0 Å². The first-order valence-electron chi connectivity index (χ1n) is 9.90. The zero-order valence-corrected chi connectivity index (χ0v) is 16.4. The van der Waals surface area contributed by atoms with E-state index in [0.717, 1.165) is 16.9 Å². The van der Waals surface area contributed by atoms with Crippen LogP contribution in [0.15, 0.2) is 85.1 Å². The van der Waals surface area contributed by atoms with Crippen molar-refractivity contribution in [2.75, 3.05) is 4.90 Å². The standard InChI is InChI=1S/C25H23F2NO2/c1-16-23(14-15-24(30)17-2-6-19(26)7-3-17)25(18-4-12-22(29)13-5-18)28(16)21-10-8-20(27)9-11-21/h2-13,23-25,29-30H,1,14-15H2/t23-,24-,25+/m0/s1. The van der Waals surface area contributed by atoms with Crippen LogP contribution in [0.3, 0.4) is 0 Å². The van der Waals surface area contributed by atoms with Crippen molar-refractivity contribution in [3.05, 3.63) is 108 Å². The molecule has 0 aliphatic carbocycles. The van der Waals surface area contributed by atoms with Gasteiger partial charge in [0.2, 0.25) is 0 Å². The van der Waals surface area contributed by atoms with Gasteiger partial charge in [0, 0.05) is 17.3 Å². The number of phenolic OH excluding ortho intramolecular Hbond substituents is 1. The molecule has 0 aromatic heterocycles. The number of hydrogen-bond acceptors (Lipinski definition) is 3. The minimum atomic E-state index is -0.696. The average molecular weight is 407 g/mol. The number of nitrogens with zero attached hydrogens (tertiary/aromatic N) is 1. The smallest absolute Gasteiger partial charge is 0.123 e. The van der Waals surface area contributed by atoms with Gasteiger partial charge in [0.1, 0.15) is 17.4 Å². The SMILES string of the molecule is C=C1[C@H](CC[C@H](O)c2ccc(F)cc2)[C@@H](c2ccc(O)cc2)N1c1ccc(F)cc1. The highest BCUT2D eigenvalue weighted by Crippen LogP contribution is 2.51. The van der Waals surface area contributed by atoms with Gasteiger partial charge in [-0.15, -0.1) is 0 Å². The van der Waals surface area contributed by atoms with E-state index in [1.54, 1.807) is 36.4 Å². The van der Waals surface area contributed by atoms with Crippen LogP contribution < -0.4 is 4.90 Å². The fraction of sp³-hybridized carbons (Fsp3) is 0.200. The molecule has 3 atom stereocenters. The normalized spacial score (nSPS) is 19.4. The first-order valence-corrected chi connectivity index (χ1v) is 9.90. The summed E-state index contributed by atoms with van der Waals surface area (Å²) in [5.41, 5.74) is 3.42. The number of anilines is 1. The van der Waals surface area contributed by atoms with E-state index < -0.39 is 6.10 Å². The van der Waals surface area contributed by atoms with Crippen LogP contribution in [0, 0.1) is 17.6 Å². The fourth-order valence-corrected chi connectivity index (χ4v) is 4.13. The highest BCUT2D eigenvalue weighted by Gasteiger charge is 2.43. The third kappa shape index (κ3) is 3.94. The topological polar surface area (TPSA) is 43.7 Å². The number of aliphatic hydroxyl groups is 1. The minimum Gasteiger partial charge on any atom is -0.508 e. The summed E-state index contributed by atoms with van der Waals surface area (Å²) in [7, 11) is 0. The Balaban J connectivity index is 1.55. The maximum atomic E-state index is 13.4. The Hall–Kier alpha value is -3.18. The molecule has 2 N–H and O–H groups in total. The van der Waals surface area contributed by atoms with Crippen LogP contribution in [0.25, 0.3) is 0 Å². The maximum absolute atomic E-state index is 13.4. The van der Waals surface area contributed by atoms with Gasteiger partial charge in [0.05, 0.1) is 12.1 Å². The quantitative estimate of drug-likeness (QED) is 0.537. The molecule has 1 heterocycles. The zero-order chi connectivity index (χ0) is 21.3. The van der Waals surface area contributed by atoms with Crippen LogP contribution in [0.5, 0.6) is 5.75 Å². The van der Waals surface area contributed by atoms with Gasteiger partial charge in [-0.3, -0.25) is 0 Å². The Morgan fingerprint density at radius 1 is 0.867 bits per heavy atom. The predicted octanol–water partition coefficient (Wildman–Crippen LogP) is 5.88. The number of benzene rings is 3. The fourth-order valence-electron chi connectivity index (χ4n) is 4.13. The summed E-state index contributed by atoms with van der Waals surface area (Å²) in [4.78, 5) is 2.06. The molecule has 0 saturated carbocycles. The van der Waals surface area contributed by atoms with Gasteiger partial charge >= 0.3 is 0 Å². The predicted molar refractivity (Wildman–Crippen MR) is 113 cm³/mol. The molecule has 1 aliphatic heterocycles. The Labute approximate surface area is 174 Å². The van der Waals surface area contributed by atoms with Gasteiger partial charge in [-0.2, -0.15) is 0 Å². The highest BCUT2D eigenvalue weighted by atomic mass is 19.1. The van der Waals surface area contributed by atoms with Gasteiger partial charge in [0.15, 0.2) is 0 Å². The van der Waals surface area contributed by atoms with Gasteiger partial charge in [-0.25, -0.2) is 8.78 Å². The molecule has 3 aromatic carbocycles. The summed E-state index contributed by atoms with van der Waals surface area (Å²) in [5.74, 6) is -0.367. The molecule has 4 rings (SSSR count). The molecule has 1 aliphatic rings. The number of hydrogen-bond donors (Lipinski definition) is 2. The average Bonchev–Trinajstić information content (AvgIpc) is 2.74. The maximum Gasteiger partial charge on any atom is 0.123 e. The number of aromatic hydroxyl groups is 1. The first-order chi connectivity index (χ1) is 14.4. The molecule has 30 heavy (non-hydrogen) atoms. The Morgan fingerprint density at radius 2 is 1.43 bits per heavy atom. The lowest BCUT2D eigenvalue weighted by Crippen LogP contribution is -2.47. The molecule has 0 unspecified atom stereocenters. The van der Waals surface area contributed by atoms with E-state index in [1.807, 2.05) is 12.1 Å². The van der Waals surface area contributed by atoms with Crippen molar-refractivity contribution in [1.82, 2.24) is 0 Å². The van der Waals surface area contributed by atoms with E-state index in [2.05, 4.69) is 11.5 Å². The molecule has 1 fully saturated rings. The molecule has 5 heteroatoms. The molecule has 0 amide bonds. The molecule has 3 nitrogen and oxygen atoms in total. The van der Waals surface area contributed by atoms with E-state index in [9.17, 15) is 19.0 Å². The van der Waals surface area contributed by atoms with E-state index in [0.29, 0.717) is 18.4 Å². The molecule has 3 aromatic rings. The van der Waals surface area contributed by atoms with Crippen LogP contribution >= 0.6 is 0 Å². The number of rotatable bonds is 6. The molecule has 0 radical (unpaired) electrons. The number of phenols is 1. The van der Waals surface area contributed by atoms with Crippen molar-refractivity contribution < 1.29 is 19.0 Å². The first kappa shape index (κ1) is 20.1. The summed E-state index contributed by atoms with van der Waals surface area (Å²) in [6, 6.07) is 19.1. The highest BCUT2D eigenvalue weighted by molar-refractivity contribution is 5.60. The lowest BCUT2D eigenvalue weighted by molar-refractivity contribution is 0.151. The van der Waals surface area contributed by atoms with Gasteiger partial charge in [-0.1, -0.05) is 30.8 Å². The summed E-state index contributed by atoms with van der Waals surface area (Å²) in [6.07, 6.45) is 0.487. The third-order valence-electron chi connectivity index (χ3n) is 5.74. The van der Waals surface area contributed by atoms with Crippen molar-refractivity contribution in [1.29, 1.82) is 0 Å². The second-order valence-electron chi connectivity index (χ2n) is 7.63. The van der Waals surface area contributed by atoms with E-state index >= 15 is 0 Å². The number of halogens is 2. The van der Waals surface area contributed by atoms with Crippen molar-refractivity contribution in [3.63, 3.8) is 0 Å². The van der Waals surface area contributed by atoms with Gasteiger partial charge in [-0.05, 0) is 72.5 Å². The van der Waals surface area contributed by atoms with Crippen molar-refractivity contribution in [3.8, 4) is 5.75 Å². The van der Waals surface area contributed by atoms with Crippen molar-refractivity contribution >= 4 is 5.69 Å². The second kappa shape index (κ2) is 8.28. The lowest BCUT2D eigenvalue weighted by atomic mass is 9.76. The van der Waals surface area contributed by atoms with Crippen molar-refractivity contribution in [2.45, 2.75) is 25.0 Å². The molecule has 1 saturated heterocycles.